The molecule has 3 heterocycles. The zero-order valence-corrected chi connectivity index (χ0v) is 43.0. The Kier molecular flexibility index (Phi) is 13.8. The third-order valence-electron chi connectivity index (χ3n) is 13.3. The van der Waals surface area contributed by atoms with E-state index in [1.165, 1.54) is 16.7 Å². The highest BCUT2D eigenvalue weighted by Crippen LogP contribution is 2.44. The highest BCUT2D eigenvalue weighted by molar-refractivity contribution is 5.60. The number of benzene rings is 4. The summed E-state index contributed by atoms with van der Waals surface area (Å²) < 4.78 is 21.3. The number of phenols is 1. The molecule has 3 aromatic heterocycles. The average molecular weight is 922 g/mol. The SMILES string of the molecule is CC(C)(C)c1cc2c(O)c(c1)Cc1cc(C(C)(C)C)cc(c1OCc1ccccn1)Cc1cc(C(C)(C)C)cc(c1OCc1ccccn1)Cc1cc(C(C)(C)C)cc(c1OCc1ccccn1)C2. The average Bonchev–Trinajstić information content (AvgIpc) is 3.28. The zero-order chi connectivity index (χ0) is 49.3. The monoisotopic (exact) mass is 922 g/mol. The van der Waals surface area contributed by atoms with Gasteiger partial charge >= 0.3 is 0 Å². The normalized spacial score (nSPS) is 13.2. The van der Waals surface area contributed by atoms with Crippen molar-refractivity contribution in [2.75, 3.05) is 0 Å². The maximum Gasteiger partial charge on any atom is 0.130 e. The summed E-state index contributed by atoms with van der Waals surface area (Å²) in [4.78, 5) is 14.0. The van der Waals surface area contributed by atoms with Crippen molar-refractivity contribution < 1.29 is 19.3 Å². The molecule has 0 saturated carbocycles. The number of fused-ring (bicyclic) bond motifs is 8. The predicted molar refractivity (Wildman–Crippen MR) is 279 cm³/mol. The van der Waals surface area contributed by atoms with Crippen LogP contribution in [0.15, 0.2) is 122 Å². The quantitative estimate of drug-likeness (QED) is 0.154. The van der Waals surface area contributed by atoms with Crippen molar-refractivity contribution in [3.63, 3.8) is 0 Å². The van der Waals surface area contributed by atoms with Crippen LogP contribution in [0.1, 0.15) is 167 Å². The van der Waals surface area contributed by atoms with Crippen molar-refractivity contribution in [2.45, 2.75) is 150 Å². The summed E-state index contributed by atoms with van der Waals surface area (Å²) in [6.45, 7) is 28.0. The van der Waals surface area contributed by atoms with Crippen LogP contribution >= 0.6 is 0 Å². The van der Waals surface area contributed by atoms with E-state index in [0.717, 1.165) is 84.4 Å². The smallest absolute Gasteiger partial charge is 0.130 e. The number of pyridine rings is 3. The lowest BCUT2D eigenvalue weighted by Gasteiger charge is -2.29. The van der Waals surface area contributed by atoms with Crippen LogP contribution in [0.5, 0.6) is 23.0 Å². The summed E-state index contributed by atoms with van der Waals surface area (Å²) in [5.41, 5.74) is 14.4. The minimum absolute atomic E-state index is 0.192. The predicted octanol–water partition coefficient (Wildman–Crippen LogP) is 14.2. The Balaban J connectivity index is 1.46. The van der Waals surface area contributed by atoms with E-state index in [-0.39, 0.29) is 40.6 Å². The number of aromatic hydroxyl groups is 1. The van der Waals surface area contributed by atoms with Gasteiger partial charge in [-0.1, -0.05) is 150 Å². The minimum Gasteiger partial charge on any atom is -0.507 e. The topological polar surface area (TPSA) is 86.6 Å². The Bertz CT molecular complexity index is 2760. The van der Waals surface area contributed by atoms with E-state index < -0.39 is 0 Å². The Hall–Kier alpha value is -6.47. The molecular weight excluding hydrogens is 851 g/mol. The number of aromatic nitrogens is 3. The fourth-order valence-corrected chi connectivity index (χ4v) is 9.08. The maximum atomic E-state index is 12.7. The fraction of sp³-hybridized carbons (Fsp3) is 0.371. The molecule has 4 aromatic carbocycles. The van der Waals surface area contributed by atoms with Gasteiger partial charge in [0.05, 0.1) is 17.1 Å². The zero-order valence-electron chi connectivity index (χ0n) is 43.0. The van der Waals surface area contributed by atoms with Gasteiger partial charge in [0, 0.05) is 44.3 Å². The molecule has 1 N–H and O–H groups in total. The molecule has 0 spiro atoms. The van der Waals surface area contributed by atoms with Crippen molar-refractivity contribution in [3.8, 4) is 23.0 Å². The Morgan fingerprint density at radius 3 is 0.812 bits per heavy atom. The molecule has 7 heteroatoms. The van der Waals surface area contributed by atoms with Gasteiger partial charge in [-0.25, -0.2) is 0 Å². The first-order chi connectivity index (χ1) is 32.6. The van der Waals surface area contributed by atoms with Crippen LogP contribution in [0.2, 0.25) is 0 Å². The van der Waals surface area contributed by atoms with Crippen molar-refractivity contribution in [2.24, 2.45) is 0 Å². The van der Waals surface area contributed by atoms with Gasteiger partial charge in [-0.05, 0) is 125 Å². The first-order valence-corrected chi connectivity index (χ1v) is 24.5. The number of ether oxygens (including phenoxy) is 3. The lowest BCUT2D eigenvalue weighted by molar-refractivity contribution is 0.290. The molecule has 69 heavy (non-hydrogen) atoms. The number of rotatable bonds is 9. The maximum absolute atomic E-state index is 12.7. The van der Waals surface area contributed by atoms with Crippen molar-refractivity contribution in [1.82, 2.24) is 15.0 Å². The summed E-state index contributed by atoms with van der Waals surface area (Å²) in [6.07, 6.45) is 7.39. The van der Waals surface area contributed by atoms with Crippen molar-refractivity contribution in [3.05, 3.63) is 206 Å². The molecule has 7 aromatic rings. The van der Waals surface area contributed by atoms with Gasteiger partial charge in [0.2, 0.25) is 0 Å². The number of hydrogen-bond acceptors (Lipinski definition) is 7. The molecule has 8 rings (SSSR count). The standard InChI is InChI=1S/C62H71N3O4/c1-59(2,3)48-29-40-25-42-31-49(60(4,5)6)33-44(56(42)67-37-52-19-13-16-22-63-52)27-46-35-51(62(10,11)12)36-47(58(46)69-39-54-21-15-18-24-65-54)28-45-34-50(61(7,8)9)32-43(26-41(30-48)55(40)66)57(45)68-38-53-20-14-17-23-64-53/h13-24,29-36,66H,25-28,37-39H2,1-12H3. The van der Waals surface area contributed by atoms with E-state index >= 15 is 0 Å². The van der Waals surface area contributed by atoms with Gasteiger partial charge in [-0.2, -0.15) is 0 Å². The largest absolute Gasteiger partial charge is 0.507 e. The fourth-order valence-electron chi connectivity index (χ4n) is 9.08. The molecule has 0 saturated heterocycles. The van der Waals surface area contributed by atoms with Crippen LogP contribution in [0.3, 0.4) is 0 Å². The molecule has 8 bridgehead atoms. The number of hydrogen-bond donors (Lipinski definition) is 1. The van der Waals surface area contributed by atoms with Crippen LogP contribution < -0.4 is 14.2 Å². The second kappa shape index (κ2) is 19.5. The summed E-state index contributed by atoms with van der Waals surface area (Å²) in [5.74, 6) is 2.71. The van der Waals surface area contributed by atoms with E-state index in [0.29, 0.717) is 32.3 Å². The lowest BCUT2D eigenvalue weighted by Crippen LogP contribution is -2.17. The molecule has 0 atom stereocenters. The highest BCUT2D eigenvalue weighted by atomic mass is 16.5. The van der Waals surface area contributed by atoms with Crippen LogP contribution in [-0.4, -0.2) is 20.1 Å². The van der Waals surface area contributed by atoms with Gasteiger partial charge in [0.15, 0.2) is 0 Å². The Morgan fingerprint density at radius 1 is 0.362 bits per heavy atom. The molecule has 1 aliphatic rings. The summed E-state index contributed by atoms with van der Waals surface area (Å²) in [5, 5.41) is 12.7. The van der Waals surface area contributed by atoms with Crippen LogP contribution in [0.4, 0.5) is 0 Å². The van der Waals surface area contributed by atoms with Crippen LogP contribution in [-0.2, 0) is 67.2 Å². The van der Waals surface area contributed by atoms with Crippen LogP contribution in [0.25, 0.3) is 0 Å². The molecular formula is C62H71N3O4. The molecule has 0 radical (unpaired) electrons. The summed E-state index contributed by atoms with van der Waals surface area (Å²) in [7, 11) is 0. The Labute approximate surface area is 411 Å². The second-order valence-corrected chi connectivity index (χ2v) is 23.1. The van der Waals surface area contributed by atoms with E-state index in [4.69, 9.17) is 19.2 Å². The van der Waals surface area contributed by atoms with E-state index in [9.17, 15) is 5.11 Å². The molecule has 0 amide bonds. The van der Waals surface area contributed by atoms with E-state index in [1.54, 1.807) is 0 Å². The molecule has 7 nitrogen and oxygen atoms in total. The van der Waals surface area contributed by atoms with E-state index in [2.05, 4.69) is 142 Å². The molecule has 0 aliphatic heterocycles. The van der Waals surface area contributed by atoms with Gasteiger partial charge in [-0.15, -0.1) is 0 Å². The van der Waals surface area contributed by atoms with Crippen molar-refractivity contribution >= 4 is 0 Å². The molecule has 0 fully saturated rings. The van der Waals surface area contributed by atoms with Gasteiger partial charge < -0.3 is 19.3 Å². The Morgan fingerprint density at radius 2 is 0.594 bits per heavy atom. The lowest BCUT2D eigenvalue weighted by atomic mass is 9.79. The minimum atomic E-state index is -0.204. The number of nitrogens with zero attached hydrogens (tertiary/aromatic N) is 3. The van der Waals surface area contributed by atoms with Gasteiger partial charge in [0.25, 0.3) is 0 Å². The molecule has 358 valence electrons. The van der Waals surface area contributed by atoms with Crippen LogP contribution in [0, 0.1) is 0 Å². The molecule has 0 unspecified atom stereocenters. The van der Waals surface area contributed by atoms with E-state index in [1.807, 2.05) is 73.2 Å². The number of phenolic OH excluding ortho intramolecular Hbond substituents is 1. The first kappa shape index (κ1) is 49.0. The summed E-state index contributed by atoms with van der Waals surface area (Å²) >= 11 is 0. The summed E-state index contributed by atoms with van der Waals surface area (Å²) in [6, 6.07) is 36.1. The third kappa shape index (κ3) is 11.7. The molecule has 1 aliphatic carbocycles. The second-order valence-electron chi connectivity index (χ2n) is 23.1. The highest BCUT2D eigenvalue weighted by Gasteiger charge is 2.29. The van der Waals surface area contributed by atoms with Gasteiger partial charge in [0.1, 0.15) is 42.8 Å². The third-order valence-corrected chi connectivity index (χ3v) is 13.3. The first-order valence-electron chi connectivity index (χ1n) is 24.5. The van der Waals surface area contributed by atoms with Gasteiger partial charge in [-0.3, -0.25) is 15.0 Å². The van der Waals surface area contributed by atoms with Crippen molar-refractivity contribution in [1.29, 1.82) is 0 Å².